The van der Waals surface area contributed by atoms with Crippen molar-refractivity contribution in [3.63, 3.8) is 0 Å². The number of hydrogen-bond donors (Lipinski definition) is 1. The number of amides is 4. The Bertz CT molecular complexity index is 1020. The van der Waals surface area contributed by atoms with Crippen LogP contribution in [-0.4, -0.2) is 57.3 Å². The second-order valence-electron chi connectivity index (χ2n) is 10.8. The summed E-state index contributed by atoms with van der Waals surface area (Å²) in [5.41, 5.74) is 2.25. The first kappa shape index (κ1) is 21.9. The molecule has 0 saturated carbocycles. The molecular weight excluding hydrogens is 422 g/mol. The maximum absolute atomic E-state index is 13.0. The van der Waals surface area contributed by atoms with E-state index in [9.17, 15) is 19.2 Å². The Morgan fingerprint density at radius 1 is 1.06 bits per heavy atom. The van der Waals surface area contributed by atoms with Gasteiger partial charge in [0.05, 0.1) is 0 Å². The molecule has 1 aromatic rings. The number of nitrogens with zero attached hydrogens (tertiary/aromatic N) is 2. The molecule has 1 N–H and O–H groups in total. The summed E-state index contributed by atoms with van der Waals surface area (Å²) in [5, 5.41) is 2.35. The Balaban J connectivity index is 1.30. The second kappa shape index (κ2) is 7.85. The van der Waals surface area contributed by atoms with Gasteiger partial charge in [0.25, 0.3) is 5.91 Å². The lowest BCUT2D eigenvalue weighted by atomic mass is 9.84. The normalized spacial score (nSPS) is 29.2. The second-order valence-corrected chi connectivity index (χ2v) is 10.8. The van der Waals surface area contributed by atoms with E-state index in [1.165, 1.54) is 5.56 Å². The van der Waals surface area contributed by atoms with Crippen LogP contribution in [0.3, 0.4) is 0 Å². The van der Waals surface area contributed by atoms with Gasteiger partial charge in [0.1, 0.15) is 11.6 Å². The molecule has 4 atom stereocenters. The Morgan fingerprint density at radius 3 is 2.39 bits per heavy atom. The predicted molar refractivity (Wildman–Crippen MR) is 119 cm³/mol. The van der Waals surface area contributed by atoms with E-state index < -0.39 is 17.6 Å². The van der Waals surface area contributed by atoms with Crippen LogP contribution in [0.5, 0.6) is 0 Å². The zero-order valence-electron chi connectivity index (χ0n) is 19.4. The molecule has 2 bridgehead atoms. The largest absolute Gasteiger partial charge is 0.444 e. The zero-order chi connectivity index (χ0) is 23.5. The molecule has 176 valence electrons. The number of ether oxygens (including phenoxy) is 1. The van der Waals surface area contributed by atoms with E-state index in [2.05, 4.69) is 11.4 Å². The average Bonchev–Trinajstić information content (AvgIpc) is 3.19. The van der Waals surface area contributed by atoms with Gasteiger partial charge in [0.2, 0.25) is 11.8 Å². The maximum atomic E-state index is 13.0. The van der Waals surface area contributed by atoms with Crippen molar-refractivity contribution in [3.05, 3.63) is 34.9 Å². The van der Waals surface area contributed by atoms with Crippen LogP contribution in [-0.2, 0) is 20.9 Å². The molecule has 5 rings (SSSR count). The highest BCUT2D eigenvalue weighted by molar-refractivity contribution is 6.05. The highest BCUT2D eigenvalue weighted by Gasteiger charge is 2.45. The Labute approximate surface area is 193 Å². The maximum Gasteiger partial charge on any atom is 0.410 e. The summed E-state index contributed by atoms with van der Waals surface area (Å²) in [6.07, 6.45) is 4.16. The highest BCUT2D eigenvalue weighted by atomic mass is 16.6. The van der Waals surface area contributed by atoms with Crippen molar-refractivity contribution in [1.29, 1.82) is 0 Å². The highest BCUT2D eigenvalue weighted by Crippen LogP contribution is 2.44. The topological polar surface area (TPSA) is 96.0 Å². The predicted octanol–water partition coefficient (Wildman–Crippen LogP) is 3.09. The quantitative estimate of drug-likeness (QED) is 0.695. The molecule has 0 spiro atoms. The summed E-state index contributed by atoms with van der Waals surface area (Å²) in [5.74, 6) is -0.495. The van der Waals surface area contributed by atoms with Gasteiger partial charge in [-0.25, -0.2) is 4.79 Å². The third-order valence-corrected chi connectivity index (χ3v) is 7.36. The Kier molecular flexibility index (Phi) is 5.21. The molecule has 0 radical (unpaired) electrons. The number of carbonyl (C=O) groups is 4. The molecule has 4 heterocycles. The summed E-state index contributed by atoms with van der Waals surface area (Å²) in [6.45, 7) is 6.06. The molecule has 8 heteroatoms. The molecule has 8 nitrogen and oxygen atoms in total. The van der Waals surface area contributed by atoms with Crippen molar-refractivity contribution < 1.29 is 23.9 Å². The van der Waals surface area contributed by atoms with Gasteiger partial charge in [0.15, 0.2) is 0 Å². The van der Waals surface area contributed by atoms with Crippen molar-refractivity contribution >= 4 is 23.8 Å². The molecule has 3 saturated heterocycles. The third-order valence-electron chi connectivity index (χ3n) is 7.36. The van der Waals surface area contributed by atoms with E-state index in [4.69, 9.17) is 4.74 Å². The summed E-state index contributed by atoms with van der Waals surface area (Å²) >= 11 is 0. The number of hydrogen-bond acceptors (Lipinski definition) is 5. The van der Waals surface area contributed by atoms with E-state index in [-0.39, 0.29) is 36.4 Å². The zero-order valence-corrected chi connectivity index (χ0v) is 19.4. The van der Waals surface area contributed by atoms with Crippen LogP contribution in [0.2, 0.25) is 0 Å². The lowest BCUT2D eigenvalue weighted by molar-refractivity contribution is -0.136. The van der Waals surface area contributed by atoms with Crippen LogP contribution in [0.15, 0.2) is 18.2 Å². The minimum absolute atomic E-state index is 0.147. The standard InChI is InChI=1S/C25H31N3O5/c1-25(2,3)33-24(32)28-17-5-6-18(28)12-15(11-17)14-4-7-19-16(10-14)13-27(23(19)31)20-8-9-21(29)26-22(20)30/h4,7,10,15,17-18,20H,5-6,8-9,11-13H2,1-3H3,(H,26,29,30)/t15?,17-,18+,20?. The lowest BCUT2D eigenvalue weighted by Crippen LogP contribution is -2.52. The summed E-state index contributed by atoms with van der Waals surface area (Å²) in [4.78, 5) is 53.0. The van der Waals surface area contributed by atoms with Crippen molar-refractivity contribution in [2.75, 3.05) is 0 Å². The van der Waals surface area contributed by atoms with Crippen LogP contribution < -0.4 is 5.32 Å². The molecule has 4 aliphatic heterocycles. The summed E-state index contributed by atoms with van der Waals surface area (Å²) in [7, 11) is 0. The van der Waals surface area contributed by atoms with E-state index in [1.807, 2.05) is 37.8 Å². The summed E-state index contributed by atoms with van der Waals surface area (Å²) < 4.78 is 5.65. The number of imide groups is 1. The number of fused-ring (bicyclic) bond motifs is 3. The van der Waals surface area contributed by atoms with E-state index in [0.29, 0.717) is 24.4 Å². The van der Waals surface area contributed by atoms with Gasteiger partial charge in [-0.1, -0.05) is 12.1 Å². The average molecular weight is 454 g/mol. The SMILES string of the molecule is CC(C)(C)OC(=O)N1[C@@H]2CC[C@H]1CC(c1ccc3c(c1)CN(C1CCC(=O)NC1=O)C3=O)C2. The van der Waals surface area contributed by atoms with E-state index in [1.54, 1.807) is 4.90 Å². The van der Waals surface area contributed by atoms with Gasteiger partial charge in [-0.2, -0.15) is 0 Å². The fourth-order valence-electron chi connectivity index (χ4n) is 5.91. The molecular formula is C25H31N3O5. The van der Waals surface area contributed by atoms with Gasteiger partial charge in [0, 0.05) is 30.6 Å². The van der Waals surface area contributed by atoms with Crippen molar-refractivity contribution in [1.82, 2.24) is 15.1 Å². The number of carbonyl (C=O) groups excluding carboxylic acids is 4. The van der Waals surface area contributed by atoms with Crippen molar-refractivity contribution in [2.45, 2.75) is 95.5 Å². The first-order chi connectivity index (χ1) is 15.6. The van der Waals surface area contributed by atoms with Crippen LogP contribution in [0.4, 0.5) is 4.79 Å². The number of piperidine rings is 2. The molecule has 4 amide bonds. The number of benzene rings is 1. The fourth-order valence-corrected chi connectivity index (χ4v) is 5.91. The van der Waals surface area contributed by atoms with E-state index >= 15 is 0 Å². The Morgan fingerprint density at radius 2 is 1.76 bits per heavy atom. The minimum atomic E-state index is -0.598. The Hall–Kier alpha value is -2.90. The van der Waals surface area contributed by atoms with Crippen LogP contribution in [0.25, 0.3) is 0 Å². The number of nitrogens with one attached hydrogen (secondary N) is 1. The molecule has 2 unspecified atom stereocenters. The molecule has 0 aromatic heterocycles. The minimum Gasteiger partial charge on any atom is -0.444 e. The smallest absolute Gasteiger partial charge is 0.410 e. The third kappa shape index (κ3) is 4.00. The van der Waals surface area contributed by atoms with Gasteiger partial charge < -0.3 is 14.5 Å². The molecule has 4 aliphatic rings. The van der Waals surface area contributed by atoms with Crippen LogP contribution in [0.1, 0.15) is 86.7 Å². The first-order valence-electron chi connectivity index (χ1n) is 11.9. The lowest BCUT2D eigenvalue weighted by Gasteiger charge is -2.39. The molecule has 3 fully saturated rings. The van der Waals surface area contributed by atoms with Gasteiger partial charge in [-0.15, -0.1) is 0 Å². The first-order valence-corrected chi connectivity index (χ1v) is 11.9. The van der Waals surface area contributed by atoms with Gasteiger partial charge in [-0.3, -0.25) is 19.7 Å². The van der Waals surface area contributed by atoms with Gasteiger partial charge >= 0.3 is 6.09 Å². The fraction of sp³-hybridized carbons (Fsp3) is 0.600. The summed E-state index contributed by atoms with van der Waals surface area (Å²) in [6, 6.07) is 5.77. The molecule has 0 aliphatic carbocycles. The van der Waals surface area contributed by atoms with Gasteiger partial charge in [-0.05, 0) is 76.0 Å². The molecule has 1 aromatic carbocycles. The van der Waals surface area contributed by atoms with Crippen LogP contribution in [0, 0.1) is 0 Å². The van der Waals surface area contributed by atoms with Crippen LogP contribution >= 0.6 is 0 Å². The molecule has 33 heavy (non-hydrogen) atoms. The van der Waals surface area contributed by atoms with E-state index in [0.717, 1.165) is 31.2 Å². The number of rotatable bonds is 2. The monoisotopic (exact) mass is 453 g/mol. The van der Waals surface area contributed by atoms with Crippen molar-refractivity contribution in [3.8, 4) is 0 Å². The van der Waals surface area contributed by atoms with Crippen molar-refractivity contribution in [2.24, 2.45) is 0 Å².